The number of ether oxygens (including phenoxy) is 5. The Kier molecular flexibility index (Phi) is 13.3. The summed E-state index contributed by atoms with van der Waals surface area (Å²) in [5.41, 5.74) is -2.60. The van der Waals surface area contributed by atoms with Crippen molar-refractivity contribution in [3.63, 3.8) is 0 Å². The van der Waals surface area contributed by atoms with E-state index in [-0.39, 0.29) is 36.8 Å². The standard InChI is InChI=1S/C39H51F3N6O8/c1-37(2)35(50)48(32-5-4-30(24-43)33(19-32)39(40,41)42)36(51)47(37)7-3-6-46-25-31(44-45-46)26-55-13-12-53-9-8-52-10-11-54-14-15-56-34(49)23-38-20-27-16-28(21-38)18-29(17-27)22-38/h4-5,19,25,27-29H,3,6-18,20-23,26H2,1-2H3. The second-order valence-electron chi connectivity index (χ2n) is 16.0. The van der Waals surface area contributed by atoms with Crippen LogP contribution in [0.3, 0.4) is 0 Å². The van der Waals surface area contributed by atoms with Crippen molar-refractivity contribution in [2.24, 2.45) is 23.2 Å². The number of imide groups is 1. The second kappa shape index (κ2) is 18.0. The lowest BCUT2D eigenvalue weighted by Crippen LogP contribution is -2.47. The highest BCUT2D eigenvalue weighted by atomic mass is 19.4. The first-order chi connectivity index (χ1) is 26.8. The number of anilines is 1. The Morgan fingerprint density at radius 1 is 0.893 bits per heavy atom. The van der Waals surface area contributed by atoms with Crippen LogP contribution in [0.25, 0.3) is 0 Å². The Morgan fingerprint density at radius 2 is 1.48 bits per heavy atom. The van der Waals surface area contributed by atoms with Crippen molar-refractivity contribution in [2.45, 2.75) is 90.1 Å². The smallest absolute Gasteiger partial charge is 0.417 e. The molecule has 306 valence electrons. The van der Waals surface area contributed by atoms with Crippen molar-refractivity contribution in [3.05, 3.63) is 41.2 Å². The van der Waals surface area contributed by atoms with Crippen LogP contribution in [0.1, 0.15) is 82.0 Å². The number of aryl methyl sites for hydroxylation is 1. The van der Waals surface area contributed by atoms with Gasteiger partial charge in [-0.25, -0.2) is 9.69 Å². The number of urea groups is 1. The van der Waals surface area contributed by atoms with E-state index < -0.39 is 34.8 Å². The Labute approximate surface area is 324 Å². The molecule has 5 fully saturated rings. The maximum Gasteiger partial charge on any atom is 0.417 e. The number of carbonyl (C=O) groups is 3. The molecule has 0 atom stereocenters. The molecule has 1 aromatic carbocycles. The molecule has 7 rings (SSSR count). The van der Waals surface area contributed by atoms with Crippen LogP contribution in [0.5, 0.6) is 0 Å². The lowest BCUT2D eigenvalue weighted by molar-refractivity contribution is -0.153. The maximum absolute atomic E-state index is 13.5. The van der Waals surface area contributed by atoms with Crippen molar-refractivity contribution in [3.8, 4) is 6.07 Å². The molecule has 0 N–H and O–H groups in total. The van der Waals surface area contributed by atoms with Gasteiger partial charge >= 0.3 is 18.2 Å². The van der Waals surface area contributed by atoms with Gasteiger partial charge < -0.3 is 28.6 Å². The number of aromatic nitrogens is 3. The van der Waals surface area contributed by atoms with E-state index in [0.29, 0.717) is 77.4 Å². The average molecular weight is 789 g/mol. The minimum Gasteiger partial charge on any atom is -0.463 e. The largest absolute Gasteiger partial charge is 0.463 e. The number of alkyl halides is 3. The van der Waals surface area contributed by atoms with Gasteiger partial charge in [0.1, 0.15) is 17.8 Å². The number of benzene rings is 1. The zero-order valence-corrected chi connectivity index (χ0v) is 32.1. The van der Waals surface area contributed by atoms with Crippen molar-refractivity contribution in [2.75, 3.05) is 64.3 Å². The van der Waals surface area contributed by atoms with E-state index in [2.05, 4.69) is 10.3 Å². The summed E-state index contributed by atoms with van der Waals surface area (Å²) in [6, 6.07) is 3.51. The number of nitriles is 1. The lowest BCUT2D eigenvalue weighted by Gasteiger charge is -2.56. The van der Waals surface area contributed by atoms with E-state index in [4.69, 9.17) is 28.9 Å². The van der Waals surface area contributed by atoms with E-state index in [0.717, 1.165) is 34.8 Å². The molecule has 3 amide bonds. The molecular formula is C39H51F3N6O8. The quantitative estimate of drug-likeness (QED) is 0.0891. The van der Waals surface area contributed by atoms with Gasteiger partial charge in [0.2, 0.25) is 0 Å². The minimum absolute atomic E-state index is 0.0932. The van der Waals surface area contributed by atoms with Gasteiger partial charge in [-0.3, -0.25) is 14.3 Å². The number of rotatable bonds is 21. The third-order valence-corrected chi connectivity index (χ3v) is 11.4. The topological polar surface area (TPSA) is 158 Å². The number of hydrogen-bond donors (Lipinski definition) is 0. The molecule has 1 aromatic heterocycles. The Balaban J connectivity index is 0.777. The van der Waals surface area contributed by atoms with E-state index in [1.54, 1.807) is 10.9 Å². The summed E-state index contributed by atoms with van der Waals surface area (Å²) in [6.45, 7) is 6.67. The SMILES string of the molecule is CC1(C)C(=O)N(c2ccc(C#N)c(C(F)(F)F)c2)C(=O)N1CCCn1cc(COCCOCCOCCOCCOC(=O)CC23CC4CC(CC(C4)C2)C3)nn1. The number of hydrogen-bond acceptors (Lipinski definition) is 11. The van der Waals surface area contributed by atoms with Crippen molar-refractivity contribution >= 4 is 23.6 Å². The normalized spacial score (nSPS) is 24.0. The number of carbonyl (C=O) groups excluding carboxylic acids is 3. The van der Waals surface area contributed by atoms with E-state index in [1.165, 1.54) is 63.3 Å². The van der Waals surface area contributed by atoms with Crippen molar-refractivity contribution in [1.29, 1.82) is 5.26 Å². The van der Waals surface area contributed by atoms with Crippen LogP contribution in [0.4, 0.5) is 23.7 Å². The molecule has 0 unspecified atom stereocenters. The van der Waals surface area contributed by atoms with Crippen LogP contribution >= 0.6 is 0 Å². The molecule has 14 nitrogen and oxygen atoms in total. The van der Waals surface area contributed by atoms with Gasteiger partial charge in [-0.1, -0.05) is 5.21 Å². The first-order valence-corrected chi connectivity index (χ1v) is 19.4. The number of nitrogens with zero attached hydrogens (tertiary/aromatic N) is 6. The minimum atomic E-state index is -4.83. The average Bonchev–Trinajstić information content (AvgIpc) is 3.65. The molecule has 4 saturated carbocycles. The third-order valence-electron chi connectivity index (χ3n) is 11.4. The molecule has 0 spiro atoms. The first-order valence-electron chi connectivity index (χ1n) is 19.4. The molecule has 2 aromatic rings. The van der Waals surface area contributed by atoms with Gasteiger partial charge in [-0.2, -0.15) is 18.4 Å². The highest BCUT2D eigenvalue weighted by molar-refractivity contribution is 6.23. The highest BCUT2D eigenvalue weighted by Gasteiger charge is 2.53. The molecular weight excluding hydrogens is 737 g/mol. The van der Waals surface area contributed by atoms with Gasteiger partial charge in [0, 0.05) is 13.1 Å². The predicted octanol–water partition coefficient (Wildman–Crippen LogP) is 5.52. The fourth-order valence-electron chi connectivity index (χ4n) is 9.26. The first kappa shape index (κ1) is 41.5. The predicted molar refractivity (Wildman–Crippen MR) is 193 cm³/mol. The molecule has 5 aliphatic rings. The molecule has 17 heteroatoms. The molecule has 4 bridgehead atoms. The fourth-order valence-corrected chi connectivity index (χ4v) is 9.26. The van der Waals surface area contributed by atoms with Crippen molar-refractivity contribution < 1.29 is 51.2 Å². The monoisotopic (exact) mass is 788 g/mol. The number of halogens is 3. The lowest BCUT2D eigenvalue weighted by atomic mass is 9.49. The summed E-state index contributed by atoms with van der Waals surface area (Å²) >= 11 is 0. The summed E-state index contributed by atoms with van der Waals surface area (Å²) in [7, 11) is 0. The van der Waals surface area contributed by atoms with E-state index in [9.17, 15) is 27.6 Å². The van der Waals surface area contributed by atoms with Gasteiger partial charge in [0.25, 0.3) is 5.91 Å². The Morgan fingerprint density at radius 3 is 2.07 bits per heavy atom. The van der Waals surface area contributed by atoms with Gasteiger partial charge in [0.05, 0.1) is 88.4 Å². The maximum atomic E-state index is 13.5. The Hall–Kier alpha value is -4.11. The van der Waals surface area contributed by atoms with E-state index in [1.807, 2.05) is 0 Å². The third kappa shape index (κ3) is 10.1. The van der Waals surface area contributed by atoms with Gasteiger partial charge in [0.15, 0.2) is 0 Å². The van der Waals surface area contributed by atoms with Crippen molar-refractivity contribution in [1.82, 2.24) is 19.9 Å². The summed E-state index contributed by atoms with van der Waals surface area (Å²) < 4.78 is 69.9. The molecule has 2 heterocycles. The molecule has 1 aliphatic heterocycles. The van der Waals surface area contributed by atoms with Gasteiger partial charge in [-0.15, -0.1) is 5.10 Å². The second-order valence-corrected chi connectivity index (χ2v) is 16.0. The summed E-state index contributed by atoms with van der Waals surface area (Å²) in [5, 5.41) is 17.3. The van der Waals surface area contributed by atoms with Crippen LogP contribution < -0.4 is 4.90 Å². The molecule has 4 aliphatic carbocycles. The Bertz CT molecular complexity index is 1710. The summed E-state index contributed by atoms with van der Waals surface area (Å²) in [4.78, 5) is 41.0. The van der Waals surface area contributed by atoms with Crippen LogP contribution in [-0.2, 0) is 52.6 Å². The van der Waals surface area contributed by atoms with E-state index >= 15 is 0 Å². The number of esters is 1. The number of amides is 3. The summed E-state index contributed by atoms with van der Waals surface area (Å²) in [6.07, 6.45) is 5.48. The zero-order valence-electron chi connectivity index (χ0n) is 32.1. The molecule has 1 saturated heterocycles. The molecule has 0 radical (unpaired) electrons. The van der Waals surface area contributed by atoms with Crippen LogP contribution in [0.2, 0.25) is 0 Å². The fraction of sp³-hybridized carbons (Fsp3) is 0.692. The van der Waals surface area contributed by atoms with Crippen LogP contribution in [-0.4, -0.2) is 103 Å². The summed E-state index contributed by atoms with van der Waals surface area (Å²) in [5.74, 6) is 1.69. The van der Waals surface area contributed by atoms with Crippen LogP contribution in [0.15, 0.2) is 24.4 Å². The molecule has 56 heavy (non-hydrogen) atoms. The van der Waals surface area contributed by atoms with Gasteiger partial charge in [-0.05, 0) is 100 Å². The van der Waals surface area contributed by atoms with Crippen LogP contribution in [0, 0.1) is 34.5 Å². The highest BCUT2D eigenvalue weighted by Crippen LogP contribution is 2.61. The zero-order chi connectivity index (χ0) is 39.9.